The van der Waals surface area contributed by atoms with Gasteiger partial charge in [0.05, 0.1) is 5.04 Å². The number of ether oxygens (including phenoxy) is 1. The molecule has 0 aromatic carbocycles. The predicted molar refractivity (Wildman–Crippen MR) is 90.2 cm³/mol. The molecule has 2 heterocycles. The highest BCUT2D eigenvalue weighted by Gasteiger charge is 2.18. The zero-order valence-electron chi connectivity index (χ0n) is 12.9. The van der Waals surface area contributed by atoms with Crippen LogP contribution >= 0.6 is 12.6 Å². The lowest BCUT2D eigenvalue weighted by Crippen LogP contribution is -2.02. The summed E-state index contributed by atoms with van der Waals surface area (Å²) in [5, 5.41) is 13.1. The van der Waals surface area contributed by atoms with Gasteiger partial charge in [-0.15, -0.1) is 22.8 Å². The number of thiol groups is 1. The molecule has 0 atom stereocenters. The van der Waals surface area contributed by atoms with E-state index in [2.05, 4.69) is 44.0 Å². The molecule has 0 spiro atoms. The Balaban J connectivity index is 1.94. The lowest BCUT2D eigenvalue weighted by atomic mass is 9.97. The second-order valence-electron chi connectivity index (χ2n) is 5.01. The van der Waals surface area contributed by atoms with Gasteiger partial charge in [-0.25, -0.2) is 0 Å². The number of aromatic nitrogens is 4. The fourth-order valence-electron chi connectivity index (χ4n) is 2.39. The minimum absolute atomic E-state index is 0.365. The Bertz CT molecular complexity index is 787. The van der Waals surface area contributed by atoms with Crippen LogP contribution < -0.4 is 0 Å². The van der Waals surface area contributed by atoms with Crippen LogP contribution in [0.1, 0.15) is 24.4 Å². The average Bonchev–Trinajstić information content (AvgIpc) is 3.23. The number of rotatable bonds is 5. The van der Waals surface area contributed by atoms with E-state index in [9.17, 15) is 0 Å². The molecule has 120 valence electrons. The first-order valence-corrected chi connectivity index (χ1v) is 7.61. The summed E-state index contributed by atoms with van der Waals surface area (Å²) < 4.78 is 10.2. The first-order chi connectivity index (χ1) is 11.2. The standard InChI is InChI=1S/C15H17N5O2S/c1-16-15(23)11-6-4-3-5-10(11)13-17-14(19-18-13)12-7-9(8-21-2)22-20-12/h4,6-7H,3,5,8H2,1-2H3,(H,16,23)(H,17,18,19). The summed E-state index contributed by atoms with van der Waals surface area (Å²) in [5.74, 6) is 1.89. The van der Waals surface area contributed by atoms with Crippen LogP contribution in [0.25, 0.3) is 17.1 Å². The third kappa shape index (κ3) is 3.27. The van der Waals surface area contributed by atoms with Crippen LogP contribution in [-0.2, 0) is 11.3 Å². The topological polar surface area (TPSA) is 89.2 Å². The minimum atomic E-state index is 0.365. The van der Waals surface area contributed by atoms with Gasteiger partial charge in [-0.2, -0.15) is 0 Å². The largest absolute Gasteiger partial charge is 0.377 e. The number of nitrogens with one attached hydrogen (secondary N) is 1. The Kier molecular flexibility index (Phi) is 4.73. The molecule has 0 saturated carbocycles. The van der Waals surface area contributed by atoms with Crippen LogP contribution in [-0.4, -0.2) is 39.5 Å². The van der Waals surface area contributed by atoms with Gasteiger partial charge in [-0.05, 0) is 12.8 Å². The van der Waals surface area contributed by atoms with Gasteiger partial charge in [0.1, 0.15) is 6.61 Å². The van der Waals surface area contributed by atoms with E-state index in [0.29, 0.717) is 34.8 Å². The van der Waals surface area contributed by atoms with Gasteiger partial charge in [0.15, 0.2) is 23.1 Å². The zero-order valence-corrected chi connectivity index (χ0v) is 13.8. The van der Waals surface area contributed by atoms with Crippen LogP contribution in [0.5, 0.6) is 0 Å². The fraction of sp³-hybridized carbons (Fsp3) is 0.333. The van der Waals surface area contributed by atoms with Gasteiger partial charge in [0.2, 0.25) is 0 Å². The molecule has 0 radical (unpaired) electrons. The Morgan fingerprint density at radius 1 is 1.43 bits per heavy atom. The Morgan fingerprint density at radius 2 is 2.26 bits per heavy atom. The van der Waals surface area contributed by atoms with Gasteiger partial charge < -0.3 is 14.2 Å². The second-order valence-corrected chi connectivity index (χ2v) is 5.44. The molecule has 1 N–H and O–H groups in total. The van der Waals surface area contributed by atoms with Gasteiger partial charge in [0.25, 0.3) is 0 Å². The highest BCUT2D eigenvalue weighted by atomic mass is 32.1. The molecule has 1 aliphatic rings. The van der Waals surface area contributed by atoms with Crippen molar-refractivity contribution in [2.45, 2.75) is 19.4 Å². The smallest absolute Gasteiger partial charge is 0.183 e. The Labute approximate surface area is 138 Å². The van der Waals surface area contributed by atoms with E-state index in [-0.39, 0.29) is 0 Å². The number of aliphatic imine (C=N–C) groups is 1. The quantitative estimate of drug-likeness (QED) is 0.499. The van der Waals surface area contributed by atoms with E-state index in [0.717, 1.165) is 24.0 Å². The number of hydrogen-bond acceptors (Lipinski definition) is 6. The van der Waals surface area contributed by atoms with Crippen LogP contribution in [0.4, 0.5) is 0 Å². The monoisotopic (exact) mass is 331 g/mol. The van der Waals surface area contributed by atoms with Crippen LogP contribution in [0.2, 0.25) is 0 Å². The number of H-pyrrole nitrogens is 1. The molecule has 2 aromatic rings. The summed E-state index contributed by atoms with van der Waals surface area (Å²) in [6.45, 7) is 0.365. The van der Waals surface area contributed by atoms with E-state index in [4.69, 9.17) is 9.26 Å². The minimum Gasteiger partial charge on any atom is -0.377 e. The molecule has 3 rings (SSSR count). The van der Waals surface area contributed by atoms with Gasteiger partial charge in [0, 0.05) is 31.4 Å². The maximum absolute atomic E-state index is 5.17. The van der Waals surface area contributed by atoms with E-state index < -0.39 is 0 Å². The number of hydrogen-bond donors (Lipinski definition) is 2. The number of allylic oxidation sites excluding steroid dienone is 3. The van der Waals surface area contributed by atoms with Crippen molar-refractivity contribution >= 4 is 23.2 Å². The molecule has 2 aromatic heterocycles. The summed E-state index contributed by atoms with van der Waals surface area (Å²) in [7, 11) is 3.32. The van der Waals surface area contributed by atoms with E-state index >= 15 is 0 Å². The van der Waals surface area contributed by atoms with Crippen molar-refractivity contribution in [3.05, 3.63) is 35.4 Å². The molecule has 0 fully saturated rings. The third-order valence-electron chi connectivity index (χ3n) is 3.48. The average molecular weight is 331 g/mol. The van der Waals surface area contributed by atoms with E-state index in [1.165, 1.54) is 0 Å². The molecule has 0 unspecified atom stereocenters. The molecular formula is C15H17N5O2S. The molecule has 8 heteroatoms. The number of aromatic amines is 1. The highest BCUT2D eigenvalue weighted by molar-refractivity contribution is 7.97. The summed E-state index contributed by atoms with van der Waals surface area (Å²) in [4.78, 5) is 7.34. The second kappa shape index (κ2) is 6.93. The molecule has 0 bridgehead atoms. The Morgan fingerprint density at radius 3 is 3.04 bits per heavy atom. The van der Waals surface area contributed by atoms with Crippen LogP contribution in [0.15, 0.2) is 33.3 Å². The summed E-state index contributed by atoms with van der Waals surface area (Å²) >= 11 is 4.42. The van der Waals surface area contributed by atoms with Crippen molar-refractivity contribution < 1.29 is 9.26 Å². The highest BCUT2D eigenvalue weighted by Crippen LogP contribution is 2.29. The molecule has 0 saturated heterocycles. The number of nitrogens with zero attached hydrogens (tertiary/aromatic N) is 4. The van der Waals surface area contributed by atoms with Crippen molar-refractivity contribution in [1.29, 1.82) is 0 Å². The Hall–Kier alpha value is -2.19. The van der Waals surface area contributed by atoms with Crippen molar-refractivity contribution in [2.24, 2.45) is 4.99 Å². The molecule has 0 amide bonds. The maximum atomic E-state index is 5.17. The third-order valence-corrected chi connectivity index (χ3v) is 3.93. The molecule has 1 aliphatic carbocycles. The summed E-state index contributed by atoms with van der Waals surface area (Å²) in [5.41, 5.74) is 2.60. The van der Waals surface area contributed by atoms with Crippen molar-refractivity contribution in [3.63, 3.8) is 0 Å². The van der Waals surface area contributed by atoms with E-state index in [1.54, 1.807) is 20.2 Å². The van der Waals surface area contributed by atoms with Crippen LogP contribution in [0.3, 0.4) is 0 Å². The molecular weight excluding hydrogens is 314 g/mol. The SMILES string of the molecule is C/N=C(/S)C1=C(c2nnc(-c3cc(COC)on3)[nH]2)CCC=C1. The summed E-state index contributed by atoms with van der Waals surface area (Å²) in [6.07, 6.45) is 5.92. The van der Waals surface area contributed by atoms with Crippen LogP contribution in [0, 0.1) is 0 Å². The molecule has 7 nitrogen and oxygen atoms in total. The van der Waals surface area contributed by atoms with Gasteiger partial charge >= 0.3 is 0 Å². The summed E-state index contributed by atoms with van der Waals surface area (Å²) in [6, 6.07) is 1.78. The normalized spacial score (nSPS) is 15.5. The van der Waals surface area contributed by atoms with E-state index in [1.807, 2.05) is 6.08 Å². The van der Waals surface area contributed by atoms with Crippen molar-refractivity contribution in [1.82, 2.24) is 20.3 Å². The lowest BCUT2D eigenvalue weighted by molar-refractivity contribution is 0.156. The molecule has 0 aliphatic heterocycles. The first-order valence-electron chi connectivity index (χ1n) is 7.16. The predicted octanol–water partition coefficient (Wildman–Crippen LogP) is 2.67. The molecule has 23 heavy (non-hydrogen) atoms. The van der Waals surface area contributed by atoms with Crippen molar-refractivity contribution in [2.75, 3.05) is 14.2 Å². The maximum Gasteiger partial charge on any atom is 0.183 e. The fourth-order valence-corrected chi connectivity index (χ4v) is 2.60. The first kappa shape index (κ1) is 15.7. The number of methoxy groups -OCH3 is 1. The zero-order chi connectivity index (χ0) is 16.2. The van der Waals surface area contributed by atoms with Gasteiger partial charge in [-0.1, -0.05) is 17.3 Å². The van der Waals surface area contributed by atoms with Gasteiger partial charge in [-0.3, -0.25) is 4.99 Å². The van der Waals surface area contributed by atoms with Crippen molar-refractivity contribution in [3.8, 4) is 11.5 Å². The lowest BCUT2D eigenvalue weighted by Gasteiger charge is -2.12.